The summed E-state index contributed by atoms with van der Waals surface area (Å²) in [5, 5.41) is 6.88. The summed E-state index contributed by atoms with van der Waals surface area (Å²) in [6.45, 7) is 12.3. The molecule has 2 saturated heterocycles. The average Bonchev–Trinajstić information content (AvgIpc) is 3.43. The van der Waals surface area contributed by atoms with Gasteiger partial charge < -0.3 is 25.2 Å². The molecule has 1 saturated carbocycles. The Hall–Kier alpha value is -1.99. The molecule has 2 N–H and O–H groups in total. The highest BCUT2D eigenvalue weighted by molar-refractivity contribution is 5.81. The lowest BCUT2D eigenvalue weighted by molar-refractivity contribution is -0.134. The monoisotopic (exact) mass is 449 g/mol. The SMILES string of the molecule is CCNC(=NCC1CCCN(C(=O)OC(C)(C)C)C1)NC1CCN(C(=O)C2CCCC2)C1. The van der Waals surface area contributed by atoms with Crippen molar-refractivity contribution >= 4 is 18.0 Å². The molecule has 0 spiro atoms. The first kappa shape index (κ1) is 24.6. The van der Waals surface area contributed by atoms with Crippen molar-refractivity contribution in [1.29, 1.82) is 0 Å². The van der Waals surface area contributed by atoms with E-state index >= 15 is 0 Å². The average molecular weight is 450 g/mol. The van der Waals surface area contributed by atoms with Crippen molar-refractivity contribution in [2.75, 3.05) is 39.3 Å². The van der Waals surface area contributed by atoms with E-state index in [1.54, 1.807) is 0 Å². The normalized spacial score (nSPS) is 25.2. The van der Waals surface area contributed by atoms with Gasteiger partial charge in [0.05, 0.1) is 0 Å². The smallest absolute Gasteiger partial charge is 0.410 e. The van der Waals surface area contributed by atoms with Gasteiger partial charge in [-0.3, -0.25) is 9.79 Å². The van der Waals surface area contributed by atoms with E-state index in [4.69, 9.17) is 9.73 Å². The van der Waals surface area contributed by atoms with Crippen molar-refractivity contribution in [2.24, 2.45) is 16.8 Å². The fourth-order valence-corrected chi connectivity index (χ4v) is 4.95. The predicted molar refractivity (Wildman–Crippen MR) is 127 cm³/mol. The maximum absolute atomic E-state index is 12.7. The standard InChI is InChI=1S/C24H43N5O3/c1-5-25-22(27-20-12-14-28(17-20)21(30)19-10-6-7-11-19)26-15-18-9-8-13-29(16-18)23(31)32-24(2,3)4/h18-20H,5-17H2,1-4H3,(H2,25,26,27). The number of hydrogen-bond acceptors (Lipinski definition) is 4. The van der Waals surface area contributed by atoms with E-state index in [0.717, 1.165) is 64.2 Å². The van der Waals surface area contributed by atoms with Crippen LogP contribution in [0.3, 0.4) is 0 Å². The van der Waals surface area contributed by atoms with Crippen LogP contribution in [-0.2, 0) is 9.53 Å². The van der Waals surface area contributed by atoms with Crippen LogP contribution >= 0.6 is 0 Å². The number of rotatable bonds is 5. The summed E-state index contributed by atoms with van der Waals surface area (Å²) in [5.41, 5.74) is -0.474. The zero-order chi connectivity index (χ0) is 23.1. The molecule has 1 aliphatic carbocycles. The first-order chi connectivity index (χ1) is 15.2. The van der Waals surface area contributed by atoms with Crippen molar-refractivity contribution in [3.8, 4) is 0 Å². The number of hydrogen-bond donors (Lipinski definition) is 2. The van der Waals surface area contributed by atoms with Gasteiger partial charge in [-0.05, 0) is 65.7 Å². The van der Waals surface area contributed by atoms with Gasteiger partial charge in [-0.15, -0.1) is 0 Å². The number of aliphatic imine (C=N–C) groups is 1. The van der Waals surface area contributed by atoms with E-state index in [9.17, 15) is 9.59 Å². The van der Waals surface area contributed by atoms with Crippen LogP contribution in [0.2, 0.25) is 0 Å². The molecule has 0 aromatic rings. The van der Waals surface area contributed by atoms with E-state index in [-0.39, 0.29) is 18.1 Å². The van der Waals surface area contributed by atoms with E-state index in [2.05, 4.69) is 17.6 Å². The zero-order valence-electron chi connectivity index (χ0n) is 20.5. The highest BCUT2D eigenvalue weighted by Crippen LogP contribution is 2.28. The van der Waals surface area contributed by atoms with Crippen molar-refractivity contribution < 1.29 is 14.3 Å². The fourth-order valence-electron chi connectivity index (χ4n) is 4.95. The predicted octanol–water partition coefficient (Wildman–Crippen LogP) is 2.98. The third kappa shape index (κ3) is 7.27. The Kier molecular flexibility index (Phi) is 8.65. The summed E-state index contributed by atoms with van der Waals surface area (Å²) in [6, 6.07) is 0.239. The van der Waals surface area contributed by atoms with Gasteiger partial charge in [-0.25, -0.2) is 4.79 Å². The quantitative estimate of drug-likeness (QED) is 0.498. The summed E-state index contributed by atoms with van der Waals surface area (Å²) in [4.78, 5) is 33.8. The molecule has 3 fully saturated rings. The van der Waals surface area contributed by atoms with Gasteiger partial charge in [0, 0.05) is 51.2 Å². The number of ether oxygens (including phenoxy) is 1. The van der Waals surface area contributed by atoms with Crippen LogP contribution in [0.15, 0.2) is 4.99 Å². The summed E-state index contributed by atoms with van der Waals surface area (Å²) in [7, 11) is 0. The van der Waals surface area contributed by atoms with Crippen molar-refractivity contribution in [1.82, 2.24) is 20.4 Å². The van der Waals surface area contributed by atoms with Gasteiger partial charge in [0.15, 0.2) is 5.96 Å². The Morgan fingerprint density at radius 3 is 2.44 bits per heavy atom. The van der Waals surface area contributed by atoms with E-state index in [1.807, 2.05) is 30.6 Å². The summed E-state index contributed by atoms with van der Waals surface area (Å²) in [5.74, 6) is 1.73. The lowest BCUT2D eigenvalue weighted by atomic mass is 9.98. The molecule has 2 unspecified atom stereocenters. The topological polar surface area (TPSA) is 86.3 Å². The molecule has 2 amide bonds. The number of carbonyl (C=O) groups is 2. The third-order valence-electron chi connectivity index (χ3n) is 6.57. The van der Waals surface area contributed by atoms with Crippen LogP contribution in [0.4, 0.5) is 4.79 Å². The van der Waals surface area contributed by atoms with Crippen molar-refractivity contribution in [2.45, 2.75) is 84.3 Å². The number of piperidine rings is 1. The van der Waals surface area contributed by atoms with Gasteiger partial charge in [0.25, 0.3) is 0 Å². The molecule has 3 rings (SSSR count). The van der Waals surface area contributed by atoms with Gasteiger partial charge in [-0.1, -0.05) is 12.8 Å². The molecular weight excluding hydrogens is 406 g/mol. The van der Waals surface area contributed by atoms with E-state index in [0.29, 0.717) is 24.9 Å². The number of nitrogens with one attached hydrogen (secondary N) is 2. The summed E-state index contributed by atoms with van der Waals surface area (Å²) < 4.78 is 5.54. The van der Waals surface area contributed by atoms with Crippen molar-refractivity contribution in [3.63, 3.8) is 0 Å². The Balaban J connectivity index is 1.49. The van der Waals surface area contributed by atoms with Crippen LogP contribution in [0.5, 0.6) is 0 Å². The molecular formula is C24H43N5O3. The Labute approximate surface area is 193 Å². The first-order valence-corrected chi connectivity index (χ1v) is 12.6. The van der Waals surface area contributed by atoms with E-state index < -0.39 is 5.60 Å². The summed E-state index contributed by atoms with van der Waals surface area (Å²) >= 11 is 0. The molecule has 8 nitrogen and oxygen atoms in total. The number of guanidine groups is 1. The molecule has 8 heteroatoms. The second-order valence-corrected chi connectivity index (χ2v) is 10.5. The van der Waals surface area contributed by atoms with Crippen LogP contribution in [-0.4, -0.2) is 78.7 Å². The molecule has 3 aliphatic rings. The van der Waals surface area contributed by atoms with Crippen LogP contribution in [0, 0.1) is 11.8 Å². The van der Waals surface area contributed by atoms with Gasteiger partial charge in [0.2, 0.25) is 5.91 Å². The molecule has 0 bridgehead atoms. The zero-order valence-corrected chi connectivity index (χ0v) is 20.5. The third-order valence-corrected chi connectivity index (χ3v) is 6.57. The minimum atomic E-state index is -0.474. The minimum Gasteiger partial charge on any atom is -0.444 e. The van der Waals surface area contributed by atoms with Crippen LogP contribution in [0.1, 0.15) is 72.6 Å². The van der Waals surface area contributed by atoms with Crippen LogP contribution < -0.4 is 10.6 Å². The number of likely N-dealkylation sites (tertiary alicyclic amines) is 2. The molecule has 0 aromatic heterocycles. The summed E-state index contributed by atoms with van der Waals surface area (Å²) in [6.07, 6.45) is 7.26. The fraction of sp³-hybridized carbons (Fsp3) is 0.875. The molecule has 2 heterocycles. The second kappa shape index (κ2) is 11.2. The number of nitrogens with zero attached hydrogens (tertiary/aromatic N) is 3. The van der Waals surface area contributed by atoms with Crippen molar-refractivity contribution in [3.05, 3.63) is 0 Å². The van der Waals surface area contributed by atoms with Gasteiger partial charge in [0.1, 0.15) is 5.60 Å². The first-order valence-electron chi connectivity index (χ1n) is 12.6. The molecule has 0 radical (unpaired) electrons. The minimum absolute atomic E-state index is 0.228. The highest BCUT2D eigenvalue weighted by Gasteiger charge is 2.33. The molecule has 32 heavy (non-hydrogen) atoms. The Morgan fingerprint density at radius 2 is 1.75 bits per heavy atom. The lowest BCUT2D eigenvalue weighted by Crippen LogP contribution is -2.46. The molecule has 2 atom stereocenters. The van der Waals surface area contributed by atoms with Crippen LogP contribution in [0.25, 0.3) is 0 Å². The lowest BCUT2D eigenvalue weighted by Gasteiger charge is -2.33. The second-order valence-electron chi connectivity index (χ2n) is 10.5. The van der Waals surface area contributed by atoms with E-state index in [1.165, 1.54) is 12.8 Å². The van der Waals surface area contributed by atoms with Gasteiger partial charge >= 0.3 is 6.09 Å². The number of carbonyl (C=O) groups excluding carboxylic acids is 2. The maximum Gasteiger partial charge on any atom is 0.410 e. The molecule has 0 aromatic carbocycles. The maximum atomic E-state index is 12.7. The largest absolute Gasteiger partial charge is 0.444 e. The molecule has 182 valence electrons. The number of amides is 2. The Morgan fingerprint density at radius 1 is 1.00 bits per heavy atom. The highest BCUT2D eigenvalue weighted by atomic mass is 16.6. The molecule has 2 aliphatic heterocycles. The Bertz CT molecular complexity index is 669. The van der Waals surface area contributed by atoms with Gasteiger partial charge in [-0.2, -0.15) is 0 Å².